The van der Waals surface area contributed by atoms with E-state index >= 15 is 0 Å². The van der Waals surface area contributed by atoms with Crippen molar-refractivity contribution >= 4 is 5.69 Å². The van der Waals surface area contributed by atoms with Gasteiger partial charge in [-0.05, 0) is 24.6 Å². The molecule has 0 aliphatic heterocycles. The van der Waals surface area contributed by atoms with Crippen LogP contribution in [0.5, 0.6) is 0 Å². The van der Waals surface area contributed by atoms with E-state index in [2.05, 4.69) is 40.6 Å². The highest BCUT2D eigenvalue weighted by Crippen LogP contribution is 2.22. The Morgan fingerprint density at radius 2 is 2.05 bits per heavy atom. The molecule has 0 bridgehead atoms. The Bertz CT molecular complexity index is 699. The van der Waals surface area contributed by atoms with Gasteiger partial charge >= 0.3 is 0 Å². The van der Waals surface area contributed by atoms with E-state index in [1.165, 1.54) is 11.1 Å². The molecule has 0 radical (unpaired) electrons. The van der Waals surface area contributed by atoms with Gasteiger partial charge in [0.15, 0.2) is 0 Å². The maximum Gasteiger partial charge on any atom is 0.0679 e. The predicted molar refractivity (Wildman–Crippen MR) is 83.0 cm³/mol. The summed E-state index contributed by atoms with van der Waals surface area (Å²) in [5.41, 5.74) is 3.52. The highest BCUT2D eigenvalue weighted by molar-refractivity contribution is 5.52. The van der Waals surface area contributed by atoms with E-state index in [-0.39, 0.29) is 6.04 Å². The zero-order chi connectivity index (χ0) is 14.7. The number of hydrogen-bond donors (Lipinski definition) is 1. The lowest BCUT2D eigenvalue weighted by atomic mass is 10.1. The summed E-state index contributed by atoms with van der Waals surface area (Å²) in [5, 5.41) is 12.1. The molecule has 0 amide bonds. The molecule has 1 atom stereocenters. The van der Waals surface area contributed by atoms with Crippen LogP contribution in [0.3, 0.4) is 0 Å². The van der Waals surface area contributed by atoms with Crippen molar-refractivity contribution in [2.75, 3.05) is 5.32 Å². The number of anilines is 1. The first-order valence-corrected chi connectivity index (χ1v) is 7.03. The lowest BCUT2D eigenvalue weighted by Gasteiger charge is -2.17. The number of para-hydroxylation sites is 1. The lowest BCUT2D eigenvalue weighted by molar-refractivity contribution is 0.686. The van der Waals surface area contributed by atoms with E-state index in [9.17, 15) is 0 Å². The molecule has 21 heavy (non-hydrogen) atoms. The second kappa shape index (κ2) is 5.83. The van der Waals surface area contributed by atoms with E-state index in [0.717, 1.165) is 12.2 Å². The van der Waals surface area contributed by atoms with Crippen LogP contribution < -0.4 is 5.32 Å². The second-order valence-corrected chi connectivity index (χ2v) is 5.17. The summed E-state index contributed by atoms with van der Waals surface area (Å²) in [5.74, 6) is 0. The molecule has 1 aromatic carbocycles. The van der Waals surface area contributed by atoms with E-state index in [4.69, 9.17) is 0 Å². The summed E-state index contributed by atoms with van der Waals surface area (Å²) < 4.78 is 3.75. The van der Waals surface area contributed by atoms with Gasteiger partial charge in [-0.1, -0.05) is 18.2 Å². The maximum absolute atomic E-state index is 4.27. The SMILES string of the molecule is CC(Nc1ccccc1Cn1cccn1)c1cnn(C)c1. The Kier molecular flexibility index (Phi) is 3.73. The Hall–Kier alpha value is -2.56. The van der Waals surface area contributed by atoms with Gasteiger partial charge in [-0.25, -0.2) is 0 Å². The third-order valence-electron chi connectivity index (χ3n) is 3.51. The van der Waals surface area contributed by atoms with Crippen molar-refractivity contribution in [2.45, 2.75) is 19.5 Å². The number of aryl methyl sites for hydroxylation is 1. The van der Waals surface area contributed by atoms with Crippen molar-refractivity contribution < 1.29 is 0 Å². The monoisotopic (exact) mass is 281 g/mol. The van der Waals surface area contributed by atoms with E-state index in [1.807, 2.05) is 47.1 Å². The standard InChI is InChI=1S/C16H19N5/c1-13(15-10-18-20(2)11-15)19-16-7-4-3-6-14(16)12-21-9-5-8-17-21/h3-11,13,19H,12H2,1-2H3. The average molecular weight is 281 g/mol. The van der Waals surface area contributed by atoms with Gasteiger partial charge in [-0.3, -0.25) is 9.36 Å². The van der Waals surface area contributed by atoms with Crippen LogP contribution >= 0.6 is 0 Å². The molecular formula is C16H19N5. The van der Waals surface area contributed by atoms with Crippen LogP contribution in [0, 0.1) is 0 Å². The Morgan fingerprint density at radius 3 is 2.76 bits per heavy atom. The van der Waals surface area contributed by atoms with Crippen molar-refractivity contribution in [3.63, 3.8) is 0 Å². The van der Waals surface area contributed by atoms with E-state index < -0.39 is 0 Å². The van der Waals surface area contributed by atoms with Gasteiger partial charge in [0, 0.05) is 36.9 Å². The minimum absolute atomic E-state index is 0.206. The van der Waals surface area contributed by atoms with Crippen LogP contribution in [-0.4, -0.2) is 19.6 Å². The molecule has 0 aliphatic carbocycles. The summed E-state index contributed by atoms with van der Waals surface area (Å²) in [6, 6.07) is 10.5. The molecule has 0 saturated carbocycles. The predicted octanol–water partition coefficient (Wildman–Crippen LogP) is 2.84. The lowest BCUT2D eigenvalue weighted by Crippen LogP contribution is -2.09. The average Bonchev–Trinajstić information content (AvgIpc) is 3.12. The number of aromatic nitrogens is 4. The van der Waals surface area contributed by atoms with Crippen LogP contribution in [0.15, 0.2) is 55.1 Å². The first-order chi connectivity index (χ1) is 10.2. The molecule has 5 nitrogen and oxygen atoms in total. The first-order valence-electron chi connectivity index (χ1n) is 7.03. The Morgan fingerprint density at radius 1 is 1.19 bits per heavy atom. The van der Waals surface area contributed by atoms with Gasteiger partial charge in [0.1, 0.15) is 0 Å². The second-order valence-electron chi connectivity index (χ2n) is 5.17. The Labute approximate surface area is 124 Å². The summed E-state index contributed by atoms with van der Waals surface area (Å²) in [6.07, 6.45) is 7.71. The largest absolute Gasteiger partial charge is 0.378 e. The fourth-order valence-corrected chi connectivity index (χ4v) is 2.35. The number of rotatable bonds is 5. The summed E-state index contributed by atoms with van der Waals surface area (Å²) in [7, 11) is 1.93. The molecule has 0 spiro atoms. The van der Waals surface area contributed by atoms with Crippen LogP contribution in [0.4, 0.5) is 5.69 Å². The molecular weight excluding hydrogens is 262 g/mol. The van der Waals surface area contributed by atoms with Crippen LogP contribution in [0.2, 0.25) is 0 Å². The van der Waals surface area contributed by atoms with Crippen LogP contribution in [-0.2, 0) is 13.6 Å². The molecule has 0 aliphatic rings. The zero-order valence-electron chi connectivity index (χ0n) is 12.3. The molecule has 0 saturated heterocycles. The zero-order valence-corrected chi connectivity index (χ0v) is 12.3. The molecule has 2 aromatic heterocycles. The van der Waals surface area contributed by atoms with Crippen molar-refractivity contribution in [3.05, 3.63) is 66.2 Å². The quantitative estimate of drug-likeness (QED) is 0.782. The Balaban J connectivity index is 1.78. The summed E-state index contributed by atoms with van der Waals surface area (Å²) >= 11 is 0. The van der Waals surface area contributed by atoms with Crippen LogP contribution in [0.1, 0.15) is 24.1 Å². The van der Waals surface area contributed by atoms with Crippen molar-refractivity contribution in [1.29, 1.82) is 0 Å². The molecule has 3 aromatic rings. The third-order valence-corrected chi connectivity index (χ3v) is 3.51. The van der Waals surface area contributed by atoms with Crippen molar-refractivity contribution in [1.82, 2.24) is 19.6 Å². The molecule has 5 heteroatoms. The maximum atomic E-state index is 4.27. The van der Waals surface area contributed by atoms with Gasteiger partial charge < -0.3 is 5.32 Å². The van der Waals surface area contributed by atoms with E-state index in [0.29, 0.717) is 0 Å². The highest BCUT2D eigenvalue weighted by Gasteiger charge is 2.10. The molecule has 1 unspecified atom stereocenters. The normalized spacial score (nSPS) is 12.3. The van der Waals surface area contributed by atoms with E-state index in [1.54, 1.807) is 6.20 Å². The van der Waals surface area contributed by atoms with Crippen molar-refractivity contribution in [2.24, 2.45) is 7.05 Å². The smallest absolute Gasteiger partial charge is 0.0679 e. The van der Waals surface area contributed by atoms with Gasteiger partial charge in [-0.2, -0.15) is 10.2 Å². The minimum atomic E-state index is 0.206. The fourth-order valence-electron chi connectivity index (χ4n) is 2.35. The summed E-state index contributed by atoms with van der Waals surface area (Å²) in [6.45, 7) is 2.90. The van der Waals surface area contributed by atoms with Crippen molar-refractivity contribution in [3.8, 4) is 0 Å². The highest BCUT2D eigenvalue weighted by atomic mass is 15.3. The van der Waals surface area contributed by atoms with Gasteiger partial charge in [0.2, 0.25) is 0 Å². The fraction of sp³-hybridized carbons (Fsp3) is 0.250. The minimum Gasteiger partial charge on any atom is -0.378 e. The van der Waals surface area contributed by atoms with Gasteiger partial charge in [0.05, 0.1) is 18.8 Å². The third kappa shape index (κ3) is 3.13. The molecule has 1 N–H and O–H groups in total. The molecule has 2 heterocycles. The molecule has 0 fully saturated rings. The van der Waals surface area contributed by atoms with Crippen LogP contribution in [0.25, 0.3) is 0 Å². The van der Waals surface area contributed by atoms with Gasteiger partial charge in [-0.15, -0.1) is 0 Å². The number of hydrogen-bond acceptors (Lipinski definition) is 3. The first kappa shape index (κ1) is 13.4. The number of nitrogens with one attached hydrogen (secondary N) is 1. The van der Waals surface area contributed by atoms with Gasteiger partial charge in [0.25, 0.3) is 0 Å². The molecule has 108 valence electrons. The number of nitrogens with zero attached hydrogens (tertiary/aromatic N) is 4. The summed E-state index contributed by atoms with van der Waals surface area (Å²) in [4.78, 5) is 0. The number of benzene rings is 1. The topological polar surface area (TPSA) is 47.7 Å². The molecule has 3 rings (SSSR count).